The Bertz CT molecular complexity index is 623. The Labute approximate surface area is 110 Å². The number of aryl methyl sites for hydroxylation is 1. The third-order valence-electron chi connectivity index (χ3n) is 2.62. The van der Waals surface area contributed by atoms with Crippen LogP contribution in [-0.2, 0) is 6.54 Å². The molecule has 0 amide bonds. The molecule has 2 aromatic rings. The summed E-state index contributed by atoms with van der Waals surface area (Å²) in [4.78, 5) is 15.6. The van der Waals surface area contributed by atoms with Gasteiger partial charge in [0.1, 0.15) is 10.9 Å². The molecule has 2 rings (SSSR count). The molecule has 0 aliphatic carbocycles. The Morgan fingerprint density at radius 2 is 2.17 bits per heavy atom. The molecule has 0 aliphatic heterocycles. The smallest absolute Gasteiger partial charge is 0.255 e. The Hall–Kier alpha value is -1.81. The van der Waals surface area contributed by atoms with Crippen molar-refractivity contribution in [2.75, 3.05) is 7.11 Å². The maximum atomic E-state index is 11.7. The standard InChI is InChI=1S/C13H13ClN2O2/c1-9-3-4-11(18-2)10(5-9)7-16-8-15-12(14)6-13(16)17/h3-6,8H,7H2,1-2H3. The molecule has 1 heterocycles. The zero-order chi connectivity index (χ0) is 13.1. The van der Waals surface area contributed by atoms with Crippen molar-refractivity contribution in [2.24, 2.45) is 0 Å². The molecule has 0 saturated heterocycles. The van der Waals surface area contributed by atoms with Crippen LogP contribution in [0.25, 0.3) is 0 Å². The fraction of sp³-hybridized carbons (Fsp3) is 0.231. The zero-order valence-electron chi connectivity index (χ0n) is 10.2. The summed E-state index contributed by atoms with van der Waals surface area (Å²) in [6.07, 6.45) is 1.44. The van der Waals surface area contributed by atoms with Gasteiger partial charge in [-0.1, -0.05) is 29.3 Å². The van der Waals surface area contributed by atoms with Gasteiger partial charge in [0.25, 0.3) is 5.56 Å². The van der Waals surface area contributed by atoms with E-state index in [4.69, 9.17) is 16.3 Å². The van der Waals surface area contributed by atoms with Crippen LogP contribution in [0.4, 0.5) is 0 Å². The highest BCUT2D eigenvalue weighted by Crippen LogP contribution is 2.20. The van der Waals surface area contributed by atoms with Crippen molar-refractivity contribution in [1.82, 2.24) is 9.55 Å². The lowest BCUT2D eigenvalue weighted by molar-refractivity contribution is 0.408. The van der Waals surface area contributed by atoms with E-state index in [1.807, 2.05) is 25.1 Å². The normalized spacial score (nSPS) is 10.4. The number of hydrogen-bond acceptors (Lipinski definition) is 3. The van der Waals surface area contributed by atoms with Crippen molar-refractivity contribution in [1.29, 1.82) is 0 Å². The van der Waals surface area contributed by atoms with Gasteiger partial charge in [-0.3, -0.25) is 9.36 Å². The third kappa shape index (κ3) is 2.71. The highest BCUT2D eigenvalue weighted by molar-refractivity contribution is 6.29. The molecule has 0 saturated carbocycles. The van der Waals surface area contributed by atoms with Gasteiger partial charge in [0.2, 0.25) is 0 Å². The Kier molecular flexibility index (Phi) is 3.67. The van der Waals surface area contributed by atoms with E-state index < -0.39 is 0 Å². The number of aromatic nitrogens is 2. The number of hydrogen-bond donors (Lipinski definition) is 0. The number of rotatable bonds is 3. The molecule has 0 fully saturated rings. The monoisotopic (exact) mass is 264 g/mol. The second kappa shape index (κ2) is 5.23. The summed E-state index contributed by atoms with van der Waals surface area (Å²) < 4.78 is 6.76. The first-order valence-electron chi connectivity index (χ1n) is 5.45. The summed E-state index contributed by atoms with van der Waals surface area (Å²) in [6, 6.07) is 7.13. The van der Waals surface area contributed by atoms with Crippen molar-refractivity contribution in [2.45, 2.75) is 13.5 Å². The minimum absolute atomic E-state index is 0.182. The van der Waals surface area contributed by atoms with Gasteiger partial charge in [-0.2, -0.15) is 0 Å². The Balaban J connectivity index is 2.39. The van der Waals surface area contributed by atoms with Gasteiger partial charge in [-0.05, 0) is 13.0 Å². The summed E-state index contributed by atoms with van der Waals surface area (Å²) in [6.45, 7) is 2.40. The molecular weight excluding hydrogens is 252 g/mol. The third-order valence-corrected chi connectivity index (χ3v) is 2.83. The first kappa shape index (κ1) is 12.6. The molecule has 0 unspecified atom stereocenters. The summed E-state index contributed by atoms with van der Waals surface area (Å²) in [5.74, 6) is 0.752. The number of methoxy groups -OCH3 is 1. The molecule has 5 heteroatoms. The van der Waals surface area contributed by atoms with Crippen LogP contribution in [0.3, 0.4) is 0 Å². The molecule has 18 heavy (non-hydrogen) atoms. The number of benzene rings is 1. The Morgan fingerprint density at radius 3 is 2.83 bits per heavy atom. The quantitative estimate of drug-likeness (QED) is 0.799. The molecule has 0 N–H and O–H groups in total. The van der Waals surface area contributed by atoms with Crippen LogP contribution in [0, 0.1) is 6.92 Å². The second-order valence-electron chi connectivity index (χ2n) is 3.99. The lowest BCUT2D eigenvalue weighted by atomic mass is 10.1. The van der Waals surface area contributed by atoms with Crippen LogP contribution < -0.4 is 10.3 Å². The second-order valence-corrected chi connectivity index (χ2v) is 4.38. The van der Waals surface area contributed by atoms with Crippen molar-refractivity contribution in [3.63, 3.8) is 0 Å². The minimum Gasteiger partial charge on any atom is -0.496 e. The number of nitrogens with zero attached hydrogens (tertiary/aromatic N) is 2. The fourth-order valence-electron chi connectivity index (χ4n) is 1.74. The van der Waals surface area contributed by atoms with Crippen LogP contribution in [-0.4, -0.2) is 16.7 Å². The van der Waals surface area contributed by atoms with E-state index in [-0.39, 0.29) is 10.7 Å². The lowest BCUT2D eigenvalue weighted by Gasteiger charge is -2.10. The first-order valence-corrected chi connectivity index (χ1v) is 5.83. The van der Waals surface area contributed by atoms with Gasteiger partial charge < -0.3 is 4.74 Å². The molecule has 1 aromatic carbocycles. The molecule has 1 aromatic heterocycles. The lowest BCUT2D eigenvalue weighted by Crippen LogP contribution is -2.20. The van der Waals surface area contributed by atoms with Crippen molar-refractivity contribution >= 4 is 11.6 Å². The maximum absolute atomic E-state index is 11.7. The molecule has 0 bridgehead atoms. The van der Waals surface area contributed by atoms with Crippen LogP contribution in [0.15, 0.2) is 35.4 Å². The van der Waals surface area contributed by atoms with Gasteiger partial charge in [0.15, 0.2) is 0 Å². The van der Waals surface area contributed by atoms with Gasteiger partial charge in [0.05, 0.1) is 20.0 Å². The molecule has 0 atom stereocenters. The van der Waals surface area contributed by atoms with Gasteiger partial charge in [-0.25, -0.2) is 4.98 Å². The average molecular weight is 265 g/mol. The van der Waals surface area contributed by atoms with E-state index in [2.05, 4.69) is 4.98 Å². The first-order chi connectivity index (χ1) is 8.60. The van der Waals surface area contributed by atoms with Crippen LogP contribution in [0.1, 0.15) is 11.1 Å². The zero-order valence-corrected chi connectivity index (χ0v) is 10.9. The predicted octanol–water partition coefficient (Wildman–Crippen LogP) is 2.26. The SMILES string of the molecule is COc1ccc(C)cc1Cn1cnc(Cl)cc1=O. The molecule has 94 valence electrons. The topological polar surface area (TPSA) is 44.1 Å². The summed E-state index contributed by atoms with van der Waals surface area (Å²) in [5, 5.41) is 0.201. The van der Waals surface area contributed by atoms with Gasteiger partial charge >= 0.3 is 0 Å². The molecular formula is C13H13ClN2O2. The van der Waals surface area contributed by atoms with Gasteiger partial charge in [0, 0.05) is 11.6 Å². The predicted molar refractivity (Wildman–Crippen MR) is 70.3 cm³/mol. The summed E-state index contributed by atoms with van der Waals surface area (Å²) in [5.41, 5.74) is 1.86. The van der Waals surface area contributed by atoms with Crippen molar-refractivity contribution in [3.8, 4) is 5.75 Å². The van der Waals surface area contributed by atoms with E-state index in [9.17, 15) is 4.79 Å². The maximum Gasteiger partial charge on any atom is 0.255 e. The highest BCUT2D eigenvalue weighted by Gasteiger charge is 2.06. The minimum atomic E-state index is -0.182. The van der Waals surface area contributed by atoms with Crippen LogP contribution in [0.2, 0.25) is 5.15 Å². The summed E-state index contributed by atoms with van der Waals surface area (Å²) in [7, 11) is 1.61. The Morgan fingerprint density at radius 1 is 1.39 bits per heavy atom. The number of ether oxygens (including phenoxy) is 1. The van der Waals surface area contributed by atoms with Crippen LogP contribution in [0.5, 0.6) is 5.75 Å². The average Bonchev–Trinajstić information content (AvgIpc) is 2.33. The molecule has 0 radical (unpaired) electrons. The van der Waals surface area contributed by atoms with E-state index in [0.29, 0.717) is 6.54 Å². The molecule has 4 nitrogen and oxygen atoms in total. The summed E-state index contributed by atoms with van der Waals surface area (Å²) >= 11 is 5.65. The highest BCUT2D eigenvalue weighted by atomic mass is 35.5. The molecule has 0 spiro atoms. The molecule has 0 aliphatic rings. The fourth-order valence-corrected chi connectivity index (χ4v) is 1.87. The van der Waals surface area contributed by atoms with E-state index in [1.165, 1.54) is 17.0 Å². The van der Waals surface area contributed by atoms with Gasteiger partial charge in [-0.15, -0.1) is 0 Å². The van der Waals surface area contributed by atoms with E-state index in [0.717, 1.165) is 16.9 Å². The largest absolute Gasteiger partial charge is 0.496 e. The van der Waals surface area contributed by atoms with Crippen molar-refractivity contribution in [3.05, 3.63) is 57.2 Å². The van der Waals surface area contributed by atoms with Crippen molar-refractivity contribution < 1.29 is 4.74 Å². The number of halogens is 1. The van der Waals surface area contributed by atoms with Crippen LogP contribution >= 0.6 is 11.6 Å². The van der Waals surface area contributed by atoms with E-state index in [1.54, 1.807) is 7.11 Å². The van der Waals surface area contributed by atoms with E-state index >= 15 is 0 Å².